The lowest BCUT2D eigenvalue weighted by molar-refractivity contribution is -0.870. The minimum Gasteiger partial charge on any atom is -0.479 e. The van der Waals surface area contributed by atoms with Gasteiger partial charge >= 0.3 is 11.9 Å². The highest BCUT2D eigenvalue weighted by molar-refractivity contribution is 5.80. The van der Waals surface area contributed by atoms with E-state index in [1.165, 1.54) is 6.92 Å². The molecule has 0 aliphatic rings. The van der Waals surface area contributed by atoms with E-state index in [-0.39, 0.29) is 13.0 Å². The summed E-state index contributed by atoms with van der Waals surface area (Å²) in [7, 11) is 5.91. The van der Waals surface area contributed by atoms with Gasteiger partial charge in [0.15, 0.2) is 12.2 Å². The molecular formula is C13H26NO6+. The van der Waals surface area contributed by atoms with Crippen LogP contribution in [0.25, 0.3) is 0 Å². The maximum Gasteiger partial charge on any atom is 0.345 e. The number of hydrogen-bond acceptors (Lipinski definition) is 5. The molecule has 118 valence electrons. The number of rotatable bonds is 9. The van der Waals surface area contributed by atoms with Gasteiger partial charge in [-0.1, -0.05) is 6.92 Å². The second-order valence-electron chi connectivity index (χ2n) is 5.72. The predicted molar refractivity (Wildman–Crippen MR) is 72.1 cm³/mol. The number of carbonyl (C=O) groups excluding carboxylic acids is 1. The minimum absolute atomic E-state index is 0.159. The van der Waals surface area contributed by atoms with Crippen LogP contribution >= 0.6 is 0 Å². The number of hydrogen-bond donors (Lipinski definition) is 2. The Balaban J connectivity index is 4.51. The van der Waals surface area contributed by atoms with Crippen LogP contribution in [0, 0.1) is 0 Å². The standard InChI is InChI=1S/C13H25NO6/c1-6-10(12(16)17)20-13(18)11(9(2)15)19-8-7-14(3,4)5/h9-11,15H,6-8H2,1-5H3/p+1. The Morgan fingerprint density at radius 3 is 2.15 bits per heavy atom. The summed E-state index contributed by atoms with van der Waals surface area (Å²) in [5.41, 5.74) is 0. The third-order valence-corrected chi connectivity index (χ3v) is 2.63. The molecule has 0 aromatic rings. The molecule has 0 fully saturated rings. The summed E-state index contributed by atoms with van der Waals surface area (Å²) in [6, 6.07) is 0. The fraction of sp³-hybridized carbons (Fsp3) is 0.846. The lowest BCUT2D eigenvalue weighted by atomic mass is 10.2. The molecule has 7 nitrogen and oxygen atoms in total. The van der Waals surface area contributed by atoms with Gasteiger partial charge in [0, 0.05) is 0 Å². The Morgan fingerprint density at radius 2 is 1.80 bits per heavy atom. The Hall–Kier alpha value is -1.18. The average Bonchev–Trinajstić information content (AvgIpc) is 2.29. The highest BCUT2D eigenvalue weighted by atomic mass is 16.6. The highest BCUT2D eigenvalue weighted by Gasteiger charge is 2.30. The van der Waals surface area contributed by atoms with Gasteiger partial charge in [0.2, 0.25) is 0 Å². The molecule has 0 heterocycles. The van der Waals surface area contributed by atoms with Crippen molar-refractivity contribution in [3.05, 3.63) is 0 Å². The second kappa shape index (κ2) is 8.18. The van der Waals surface area contributed by atoms with Gasteiger partial charge < -0.3 is 24.2 Å². The number of quaternary nitrogens is 1. The molecule has 0 radical (unpaired) electrons. The maximum atomic E-state index is 11.8. The fourth-order valence-electron chi connectivity index (χ4n) is 1.37. The van der Waals surface area contributed by atoms with E-state index in [1.54, 1.807) is 6.92 Å². The average molecular weight is 292 g/mol. The maximum absolute atomic E-state index is 11.8. The number of likely N-dealkylation sites (N-methyl/N-ethyl adjacent to an activating group) is 1. The first-order chi connectivity index (χ1) is 9.08. The van der Waals surface area contributed by atoms with Crippen LogP contribution in [-0.2, 0) is 19.1 Å². The van der Waals surface area contributed by atoms with Gasteiger partial charge in [-0.2, -0.15) is 0 Å². The SMILES string of the molecule is CCC(OC(=O)C(OCC[N+](C)(C)C)C(C)O)C(=O)O. The third kappa shape index (κ3) is 7.42. The molecule has 0 aromatic heterocycles. The van der Waals surface area contributed by atoms with Crippen molar-refractivity contribution in [2.75, 3.05) is 34.3 Å². The highest BCUT2D eigenvalue weighted by Crippen LogP contribution is 2.07. The number of nitrogens with zero attached hydrogens (tertiary/aromatic N) is 1. The number of aliphatic carboxylic acids is 1. The first-order valence-electron chi connectivity index (χ1n) is 6.62. The molecule has 0 spiro atoms. The van der Waals surface area contributed by atoms with Crippen molar-refractivity contribution in [3.63, 3.8) is 0 Å². The summed E-state index contributed by atoms with van der Waals surface area (Å²) >= 11 is 0. The first-order valence-corrected chi connectivity index (χ1v) is 6.62. The van der Waals surface area contributed by atoms with Crippen LogP contribution in [0.2, 0.25) is 0 Å². The van der Waals surface area contributed by atoms with Crippen molar-refractivity contribution >= 4 is 11.9 Å². The quantitative estimate of drug-likeness (QED) is 0.454. The molecule has 3 unspecified atom stereocenters. The summed E-state index contributed by atoms with van der Waals surface area (Å²) in [5.74, 6) is -2.06. The van der Waals surface area contributed by atoms with Crippen LogP contribution < -0.4 is 0 Å². The van der Waals surface area contributed by atoms with Gasteiger partial charge in [0.25, 0.3) is 0 Å². The van der Waals surface area contributed by atoms with Crippen molar-refractivity contribution in [2.45, 2.75) is 38.6 Å². The minimum atomic E-state index is -1.22. The molecule has 0 saturated carbocycles. The first kappa shape index (κ1) is 18.8. The monoisotopic (exact) mass is 292 g/mol. The number of ether oxygens (including phenoxy) is 2. The van der Waals surface area contributed by atoms with Crippen LogP contribution in [0.4, 0.5) is 0 Å². The van der Waals surface area contributed by atoms with Crippen LogP contribution in [0.5, 0.6) is 0 Å². The molecule has 0 aromatic carbocycles. The van der Waals surface area contributed by atoms with Crippen molar-refractivity contribution < 1.29 is 33.8 Å². The van der Waals surface area contributed by atoms with Crippen molar-refractivity contribution in [1.82, 2.24) is 0 Å². The summed E-state index contributed by atoms with van der Waals surface area (Å²) in [6.07, 6.45) is -3.30. The van der Waals surface area contributed by atoms with E-state index in [2.05, 4.69) is 0 Å². The molecule has 0 rings (SSSR count). The molecular weight excluding hydrogens is 266 g/mol. The number of carbonyl (C=O) groups is 2. The van der Waals surface area contributed by atoms with E-state index in [9.17, 15) is 14.7 Å². The van der Waals surface area contributed by atoms with Crippen molar-refractivity contribution in [3.8, 4) is 0 Å². The van der Waals surface area contributed by atoms with E-state index in [1.807, 2.05) is 21.1 Å². The van der Waals surface area contributed by atoms with Crippen molar-refractivity contribution in [1.29, 1.82) is 0 Å². The lowest BCUT2D eigenvalue weighted by Crippen LogP contribution is -2.43. The van der Waals surface area contributed by atoms with Gasteiger partial charge in [-0.3, -0.25) is 0 Å². The number of carboxylic acid groups (broad SMARTS) is 1. The van der Waals surface area contributed by atoms with Crippen LogP contribution in [-0.4, -0.2) is 79.2 Å². The third-order valence-electron chi connectivity index (χ3n) is 2.63. The van der Waals surface area contributed by atoms with Gasteiger partial charge in [-0.15, -0.1) is 0 Å². The lowest BCUT2D eigenvalue weighted by Gasteiger charge is -2.26. The smallest absolute Gasteiger partial charge is 0.345 e. The number of aliphatic hydroxyl groups excluding tert-OH is 1. The Morgan fingerprint density at radius 1 is 1.25 bits per heavy atom. The zero-order valence-corrected chi connectivity index (χ0v) is 12.8. The van der Waals surface area contributed by atoms with Gasteiger partial charge in [0.1, 0.15) is 6.54 Å². The van der Waals surface area contributed by atoms with Gasteiger partial charge in [-0.05, 0) is 13.3 Å². The zero-order valence-electron chi connectivity index (χ0n) is 12.8. The summed E-state index contributed by atoms with van der Waals surface area (Å²) in [4.78, 5) is 22.7. The van der Waals surface area contributed by atoms with Gasteiger partial charge in [0.05, 0.1) is 33.9 Å². The molecule has 0 aliphatic carbocycles. The number of carboxylic acids is 1. The molecule has 0 aliphatic heterocycles. The number of aliphatic hydroxyl groups is 1. The molecule has 0 amide bonds. The molecule has 3 atom stereocenters. The predicted octanol–water partition coefficient (Wildman–Crippen LogP) is -0.135. The van der Waals surface area contributed by atoms with Crippen LogP contribution in [0.3, 0.4) is 0 Å². The van der Waals surface area contributed by atoms with Crippen molar-refractivity contribution in [2.24, 2.45) is 0 Å². The fourth-order valence-corrected chi connectivity index (χ4v) is 1.37. The molecule has 20 heavy (non-hydrogen) atoms. The Kier molecular flexibility index (Phi) is 7.70. The summed E-state index contributed by atoms with van der Waals surface area (Å²) in [6.45, 7) is 3.91. The van der Waals surface area contributed by atoms with E-state index >= 15 is 0 Å². The van der Waals surface area contributed by atoms with Crippen LogP contribution in [0.15, 0.2) is 0 Å². The molecule has 0 saturated heterocycles. The van der Waals surface area contributed by atoms with E-state index in [0.717, 1.165) is 0 Å². The van der Waals surface area contributed by atoms with Crippen LogP contribution in [0.1, 0.15) is 20.3 Å². The Labute approximate surface area is 119 Å². The Bertz CT molecular complexity index is 323. The van der Waals surface area contributed by atoms with Gasteiger partial charge in [-0.25, -0.2) is 9.59 Å². The largest absolute Gasteiger partial charge is 0.479 e. The molecule has 7 heteroatoms. The molecule has 2 N–H and O–H groups in total. The van der Waals surface area contributed by atoms with E-state index in [4.69, 9.17) is 14.6 Å². The zero-order chi connectivity index (χ0) is 15.9. The second-order valence-corrected chi connectivity index (χ2v) is 5.72. The topological polar surface area (TPSA) is 93.1 Å². The van der Waals surface area contributed by atoms with E-state index in [0.29, 0.717) is 11.0 Å². The van der Waals surface area contributed by atoms with E-state index < -0.39 is 30.3 Å². The summed E-state index contributed by atoms with van der Waals surface area (Å²) < 4.78 is 10.8. The summed E-state index contributed by atoms with van der Waals surface area (Å²) in [5, 5.41) is 18.4. The molecule has 0 bridgehead atoms. The number of esters is 1. The normalized spacial score (nSPS) is 16.3.